The van der Waals surface area contributed by atoms with Crippen molar-refractivity contribution >= 4 is 7.85 Å². The first-order valence-electron chi connectivity index (χ1n) is 5.18. The monoisotopic (exact) mass is 198 g/mol. The molecule has 2 radical (unpaired) electrons. The second kappa shape index (κ2) is 4.64. The first-order valence-corrected chi connectivity index (χ1v) is 5.18. The molecule has 1 heterocycles. The van der Waals surface area contributed by atoms with Gasteiger partial charge < -0.3 is 14.6 Å². The van der Waals surface area contributed by atoms with Gasteiger partial charge in [0.25, 0.3) is 0 Å². The van der Waals surface area contributed by atoms with Crippen molar-refractivity contribution in [1.82, 2.24) is 0 Å². The normalized spacial score (nSPS) is 43.0. The Kier molecular flexibility index (Phi) is 3.99. The summed E-state index contributed by atoms with van der Waals surface area (Å²) in [5.41, 5.74) is -0.311. The summed E-state index contributed by atoms with van der Waals surface area (Å²) in [4.78, 5) is 0. The SMILES string of the molecule is [B][C@@H]1O[C@@](CC)(CCO)C(C)[C@@H]1OC. The Morgan fingerprint density at radius 1 is 1.57 bits per heavy atom. The number of aliphatic hydroxyl groups excluding tert-OH is 1. The molecule has 0 aromatic heterocycles. The van der Waals surface area contributed by atoms with Gasteiger partial charge in [-0.1, -0.05) is 13.8 Å². The highest BCUT2D eigenvalue weighted by Crippen LogP contribution is 2.41. The summed E-state index contributed by atoms with van der Waals surface area (Å²) < 4.78 is 11.1. The molecule has 0 spiro atoms. The van der Waals surface area contributed by atoms with Crippen LogP contribution < -0.4 is 0 Å². The zero-order valence-corrected chi connectivity index (χ0v) is 9.19. The molecule has 1 saturated heterocycles. The third-order valence-electron chi connectivity index (χ3n) is 3.42. The molecule has 0 bridgehead atoms. The van der Waals surface area contributed by atoms with Crippen molar-refractivity contribution in [1.29, 1.82) is 0 Å². The Balaban J connectivity index is 2.79. The number of aliphatic hydroxyl groups is 1. The zero-order chi connectivity index (χ0) is 10.8. The third kappa shape index (κ3) is 1.83. The summed E-state index contributed by atoms with van der Waals surface area (Å²) in [5, 5.41) is 9.02. The van der Waals surface area contributed by atoms with E-state index >= 15 is 0 Å². The van der Waals surface area contributed by atoms with Crippen LogP contribution in [0.1, 0.15) is 26.7 Å². The van der Waals surface area contributed by atoms with Crippen LogP contribution in [-0.2, 0) is 9.47 Å². The molecular formula is C10H19BO3. The molecule has 0 amide bonds. The molecule has 1 aliphatic heterocycles. The molecule has 1 N–H and O–H groups in total. The van der Waals surface area contributed by atoms with E-state index in [-0.39, 0.29) is 30.2 Å². The van der Waals surface area contributed by atoms with Crippen molar-refractivity contribution in [2.75, 3.05) is 13.7 Å². The number of rotatable bonds is 4. The van der Waals surface area contributed by atoms with Crippen molar-refractivity contribution in [2.45, 2.75) is 44.4 Å². The van der Waals surface area contributed by atoms with E-state index in [0.29, 0.717) is 6.42 Å². The molecule has 1 aliphatic rings. The fourth-order valence-electron chi connectivity index (χ4n) is 2.43. The average Bonchev–Trinajstić information content (AvgIpc) is 2.40. The maximum Gasteiger partial charge on any atom is 0.112 e. The fraction of sp³-hybridized carbons (Fsp3) is 1.00. The van der Waals surface area contributed by atoms with E-state index in [9.17, 15) is 0 Å². The maximum atomic E-state index is 9.02. The zero-order valence-electron chi connectivity index (χ0n) is 9.19. The molecule has 0 saturated carbocycles. The lowest BCUT2D eigenvalue weighted by Gasteiger charge is -2.32. The van der Waals surface area contributed by atoms with E-state index in [2.05, 4.69) is 13.8 Å². The lowest BCUT2D eigenvalue weighted by molar-refractivity contribution is -0.0501. The van der Waals surface area contributed by atoms with Crippen LogP contribution >= 0.6 is 0 Å². The van der Waals surface area contributed by atoms with Crippen molar-refractivity contribution < 1.29 is 14.6 Å². The molecule has 1 fully saturated rings. The summed E-state index contributed by atoms with van der Waals surface area (Å²) in [7, 11) is 7.48. The maximum absolute atomic E-state index is 9.02. The van der Waals surface area contributed by atoms with E-state index in [0.717, 1.165) is 6.42 Å². The lowest BCUT2D eigenvalue weighted by atomic mass is 9.80. The predicted octanol–water partition coefficient (Wildman–Crippen LogP) is 0.693. The molecule has 0 aromatic rings. The quantitative estimate of drug-likeness (QED) is 0.675. The van der Waals surface area contributed by atoms with Crippen LogP contribution in [0, 0.1) is 5.92 Å². The van der Waals surface area contributed by atoms with Gasteiger partial charge in [-0.3, -0.25) is 0 Å². The molecule has 14 heavy (non-hydrogen) atoms. The van der Waals surface area contributed by atoms with Crippen molar-refractivity contribution in [3.8, 4) is 0 Å². The molecule has 1 rings (SSSR count). The third-order valence-corrected chi connectivity index (χ3v) is 3.42. The highest BCUT2D eigenvalue weighted by Gasteiger charge is 2.49. The van der Waals surface area contributed by atoms with E-state index in [4.69, 9.17) is 22.4 Å². The van der Waals surface area contributed by atoms with Gasteiger partial charge in [0.15, 0.2) is 0 Å². The standard InChI is InChI=1S/C10H19BO3/c1-4-10(5-6-12)7(2)8(13-3)9(11)14-10/h7-9,12H,4-6H2,1-3H3/t7?,8-,9+,10-/m0/s1. The summed E-state index contributed by atoms with van der Waals surface area (Å²) >= 11 is 0. The van der Waals surface area contributed by atoms with Gasteiger partial charge in [-0.2, -0.15) is 0 Å². The summed E-state index contributed by atoms with van der Waals surface area (Å²) in [6.07, 6.45) is 1.40. The lowest BCUT2D eigenvalue weighted by Crippen LogP contribution is -2.37. The minimum Gasteiger partial charge on any atom is -0.396 e. The Bertz CT molecular complexity index is 188. The molecule has 1 unspecified atom stereocenters. The van der Waals surface area contributed by atoms with Crippen molar-refractivity contribution in [3.05, 3.63) is 0 Å². The topological polar surface area (TPSA) is 38.7 Å². The van der Waals surface area contributed by atoms with Gasteiger partial charge in [0.05, 0.1) is 11.7 Å². The van der Waals surface area contributed by atoms with Crippen molar-refractivity contribution in [3.63, 3.8) is 0 Å². The van der Waals surface area contributed by atoms with Gasteiger partial charge in [0, 0.05) is 25.6 Å². The summed E-state index contributed by atoms with van der Waals surface area (Å²) in [5.74, 6) is 0.222. The van der Waals surface area contributed by atoms with E-state index in [1.165, 1.54) is 0 Å². The van der Waals surface area contributed by atoms with Gasteiger partial charge in [-0.25, -0.2) is 0 Å². The molecular weight excluding hydrogens is 179 g/mol. The van der Waals surface area contributed by atoms with Crippen molar-refractivity contribution in [2.24, 2.45) is 5.92 Å². The van der Waals surface area contributed by atoms with Gasteiger partial charge in [0.2, 0.25) is 0 Å². The average molecular weight is 198 g/mol. The van der Waals surface area contributed by atoms with Crippen LogP contribution in [0.3, 0.4) is 0 Å². The molecule has 80 valence electrons. The van der Waals surface area contributed by atoms with Crippen LogP contribution in [0.4, 0.5) is 0 Å². The first kappa shape index (κ1) is 12.0. The number of hydrogen-bond acceptors (Lipinski definition) is 3. The largest absolute Gasteiger partial charge is 0.396 e. The first-order chi connectivity index (χ1) is 6.61. The van der Waals surface area contributed by atoms with Crippen LogP contribution in [0.2, 0.25) is 0 Å². The highest BCUT2D eigenvalue weighted by molar-refractivity contribution is 6.11. The molecule has 0 aromatic carbocycles. The minimum absolute atomic E-state index is 0.0681. The second-order valence-corrected chi connectivity index (χ2v) is 3.96. The van der Waals surface area contributed by atoms with Gasteiger partial charge in [-0.05, 0) is 12.8 Å². The molecule has 3 nitrogen and oxygen atoms in total. The summed E-state index contributed by atoms with van der Waals surface area (Å²) in [6.45, 7) is 4.25. The van der Waals surface area contributed by atoms with E-state index < -0.39 is 0 Å². The fourth-order valence-corrected chi connectivity index (χ4v) is 2.43. The number of methoxy groups -OCH3 is 1. The Morgan fingerprint density at radius 3 is 2.57 bits per heavy atom. The van der Waals surface area contributed by atoms with Gasteiger partial charge >= 0.3 is 0 Å². The molecule has 4 heteroatoms. The van der Waals surface area contributed by atoms with Gasteiger partial charge in [0.1, 0.15) is 7.85 Å². The number of ether oxygens (including phenoxy) is 2. The van der Waals surface area contributed by atoms with Crippen LogP contribution in [0.25, 0.3) is 0 Å². The Labute approximate surface area is 87.2 Å². The van der Waals surface area contributed by atoms with E-state index in [1.807, 2.05) is 0 Å². The Morgan fingerprint density at radius 2 is 2.21 bits per heavy atom. The van der Waals surface area contributed by atoms with E-state index in [1.54, 1.807) is 7.11 Å². The van der Waals surface area contributed by atoms with Crippen LogP contribution in [0.15, 0.2) is 0 Å². The molecule has 4 atom stereocenters. The highest BCUT2D eigenvalue weighted by atomic mass is 16.6. The Hall–Kier alpha value is -0.0551. The van der Waals surface area contributed by atoms with Gasteiger partial charge in [-0.15, -0.1) is 0 Å². The minimum atomic E-state index is -0.374. The smallest absolute Gasteiger partial charge is 0.112 e. The summed E-state index contributed by atoms with van der Waals surface area (Å²) in [6, 6.07) is -0.374. The number of hydrogen-bond donors (Lipinski definition) is 1. The van der Waals surface area contributed by atoms with Crippen LogP contribution in [-0.4, -0.2) is 44.4 Å². The van der Waals surface area contributed by atoms with Crippen LogP contribution in [0.5, 0.6) is 0 Å². The second-order valence-electron chi connectivity index (χ2n) is 3.96. The molecule has 0 aliphatic carbocycles. The predicted molar refractivity (Wildman–Crippen MR) is 55.3 cm³/mol.